The van der Waals surface area contributed by atoms with Crippen molar-refractivity contribution >= 4 is 0 Å². The molecule has 0 aromatic heterocycles. The molecular weight excluding hydrogens is 456 g/mol. The van der Waals surface area contributed by atoms with Crippen LogP contribution in [0.15, 0.2) is 0 Å². The summed E-state index contributed by atoms with van der Waals surface area (Å²) in [6.45, 7) is 43.7. The Hall–Kier alpha value is 0. The summed E-state index contributed by atoms with van der Waals surface area (Å²) in [4.78, 5) is 0. The Labute approximate surface area is 243 Å². The molecule has 0 nitrogen and oxygen atoms in total. The Balaban J connectivity index is 3.93. The van der Waals surface area contributed by atoms with Crippen LogP contribution in [0, 0.1) is 87.8 Å². The number of hydrogen-bond acceptors (Lipinski definition) is 0. The molecule has 1 fully saturated rings. The van der Waals surface area contributed by atoms with E-state index in [-0.39, 0.29) is 0 Å². The Kier molecular flexibility index (Phi) is 14.0. The minimum Gasteiger partial charge on any atom is -0.0651 e. The maximum atomic E-state index is 2.71. The molecule has 0 radical (unpaired) electrons. The van der Waals surface area contributed by atoms with Gasteiger partial charge in [-0.05, 0) is 94.2 Å². The van der Waals surface area contributed by atoms with Crippen LogP contribution in [-0.2, 0) is 0 Å². The third-order valence-corrected chi connectivity index (χ3v) is 13.1. The third-order valence-electron chi connectivity index (χ3n) is 13.1. The van der Waals surface area contributed by atoms with Gasteiger partial charge in [0.2, 0.25) is 0 Å². The lowest BCUT2D eigenvalue weighted by Crippen LogP contribution is -2.49. The van der Waals surface area contributed by atoms with Crippen molar-refractivity contribution in [2.24, 2.45) is 87.8 Å². The van der Waals surface area contributed by atoms with Gasteiger partial charge in [0.25, 0.3) is 0 Å². The highest BCUT2D eigenvalue weighted by Crippen LogP contribution is 2.56. The van der Waals surface area contributed by atoms with E-state index in [1.165, 1.54) is 38.5 Å². The van der Waals surface area contributed by atoms with E-state index in [9.17, 15) is 0 Å². The lowest BCUT2D eigenvalue weighted by atomic mass is 9.50. The first-order valence-corrected chi connectivity index (χ1v) is 17.4. The first kappa shape index (κ1) is 36.0. The minimum absolute atomic E-state index is 0.314. The van der Waals surface area contributed by atoms with Gasteiger partial charge in [0.15, 0.2) is 0 Å². The summed E-state index contributed by atoms with van der Waals surface area (Å²) in [5, 5.41) is 0. The second-order valence-corrected chi connectivity index (χ2v) is 17.0. The Bertz CT molecular complexity index is 647. The van der Waals surface area contributed by atoms with Crippen molar-refractivity contribution < 1.29 is 0 Å². The van der Waals surface area contributed by atoms with Crippen LogP contribution in [0.1, 0.15) is 156 Å². The van der Waals surface area contributed by atoms with Gasteiger partial charge in [-0.3, -0.25) is 0 Å². The predicted molar refractivity (Wildman–Crippen MR) is 174 cm³/mol. The maximum absolute atomic E-state index is 2.71. The van der Waals surface area contributed by atoms with Gasteiger partial charge in [-0.15, -0.1) is 0 Å². The van der Waals surface area contributed by atoms with Crippen LogP contribution < -0.4 is 0 Å². The van der Waals surface area contributed by atoms with E-state index >= 15 is 0 Å². The lowest BCUT2D eigenvalue weighted by Gasteiger charge is -2.55. The Morgan fingerprint density at radius 3 is 1.63 bits per heavy atom. The molecule has 0 heterocycles. The van der Waals surface area contributed by atoms with Crippen LogP contribution >= 0.6 is 0 Å². The van der Waals surface area contributed by atoms with Crippen molar-refractivity contribution in [3.8, 4) is 0 Å². The van der Waals surface area contributed by atoms with Crippen molar-refractivity contribution in [2.45, 2.75) is 156 Å². The van der Waals surface area contributed by atoms with Gasteiger partial charge < -0.3 is 0 Å². The average Bonchev–Trinajstić information content (AvgIpc) is 2.80. The van der Waals surface area contributed by atoms with Crippen molar-refractivity contribution in [3.05, 3.63) is 0 Å². The predicted octanol–water partition coefficient (Wildman–Crippen LogP) is 12.7. The zero-order valence-corrected chi connectivity index (χ0v) is 29.7. The fourth-order valence-electron chi connectivity index (χ4n) is 9.93. The minimum atomic E-state index is 0.314. The fraction of sp³-hybridized carbons (Fsp3) is 1.00. The van der Waals surface area contributed by atoms with Crippen LogP contribution in [0.5, 0.6) is 0 Å². The highest BCUT2D eigenvalue weighted by Gasteiger charge is 2.50. The summed E-state index contributed by atoms with van der Waals surface area (Å²) < 4.78 is 0. The average molecular weight is 533 g/mol. The van der Waals surface area contributed by atoms with Gasteiger partial charge in [0.1, 0.15) is 0 Å². The number of rotatable bonds is 10. The first-order chi connectivity index (χ1) is 17.4. The maximum Gasteiger partial charge on any atom is -0.0300 e. The zero-order valence-electron chi connectivity index (χ0n) is 29.7. The summed E-state index contributed by atoms with van der Waals surface area (Å²) in [6, 6.07) is 0. The van der Waals surface area contributed by atoms with Gasteiger partial charge in [0, 0.05) is 0 Å². The van der Waals surface area contributed by atoms with Gasteiger partial charge >= 0.3 is 0 Å². The van der Waals surface area contributed by atoms with E-state index in [1.54, 1.807) is 0 Å². The molecule has 0 aromatic rings. The molecule has 0 saturated heterocycles. The molecule has 11 unspecified atom stereocenters. The highest BCUT2D eigenvalue weighted by molar-refractivity contribution is 4.98. The molecule has 1 aliphatic carbocycles. The Morgan fingerprint density at radius 2 is 1.24 bits per heavy atom. The molecule has 0 bridgehead atoms. The Morgan fingerprint density at radius 1 is 0.711 bits per heavy atom. The fourth-order valence-corrected chi connectivity index (χ4v) is 9.93. The molecule has 1 aliphatic rings. The van der Waals surface area contributed by atoms with Gasteiger partial charge in [-0.2, -0.15) is 0 Å². The summed E-state index contributed by atoms with van der Waals surface area (Å²) in [5.41, 5.74) is 0.678. The second-order valence-electron chi connectivity index (χ2n) is 17.0. The van der Waals surface area contributed by atoms with Crippen LogP contribution in [0.4, 0.5) is 0 Å². The molecule has 0 aliphatic heterocycles. The molecule has 0 heteroatoms. The summed E-state index contributed by atoms with van der Waals surface area (Å²) in [6.07, 6.45) is 8.24. The highest BCUT2D eigenvalue weighted by atomic mass is 14.5. The van der Waals surface area contributed by atoms with Gasteiger partial charge in [0.05, 0.1) is 0 Å². The van der Waals surface area contributed by atoms with Crippen LogP contribution in [0.3, 0.4) is 0 Å². The largest absolute Gasteiger partial charge is 0.0651 e. The van der Waals surface area contributed by atoms with Crippen molar-refractivity contribution in [3.63, 3.8) is 0 Å². The van der Waals surface area contributed by atoms with Crippen molar-refractivity contribution in [1.82, 2.24) is 0 Å². The molecule has 228 valence electrons. The SMILES string of the molecule is CCC1C(C)CCC(C)C(C(CC)C(C)C(C)C)C(C(C)(C)C)C(C(C)C(CC)C(C)(C)C(C)C)CC1C. The van der Waals surface area contributed by atoms with E-state index < -0.39 is 0 Å². The topological polar surface area (TPSA) is 0 Å². The molecule has 1 rings (SSSR count). The normalized spacial score (nSPS) is 33.7. The summed E-state index contributed by atoms with van der Waals surface area (Å²) in [7, 11) is 0. The standard InChI is InChI=1S/C38H76/c1-18-31-26(8)21-22-27(9)35(32(19-2)29(11)24(4)5)36(37(13,14)15)33(23-28(31)10)30(12)34(20-3)38(16,17)25(6)7/h24-36H,18-23H2,1-17H3. The number of hydrogen-bond donors (Lipinski definition) is 0. The van der Waals surface area contributed by atoms with E-state index in [4.69, 9.17) is 0 Å². The molecule has 0 aromatic carbocycles. The van der Waals surface area contributed by atoms with Crippen LogP contribution in [-0.4, -0.2) is 0 Å². The van der Waals surface area contributed by atoms with E-state index in [0.29, 0.717) is 16.7 Å². The molecule has 38 heavy (non-hydrogen) atoms. The second kappa shape index (κ2) is 14.8. The van der Waals surface area contributed by atoms with E-state index in [1.807, 2.05) is 0 Å². The van der Waals surface area contributed by atoms with Crippen LogP contribution in [0.2, 0.25) is 0 Å². The van der Waals surface area contributed by atoms with E-state index in [0.717, 1.165) is 71.0 Å². The molecule has 11 atom stereocenters. The summed E-state index contributed by atoms with van der Waals surface area (Å²) in [5.74, 6) is 10.3. The van der Waals surface area contributed by atoms with Gasteiger partial charge in [-0.1, -0.05) is 150 Å². The van der Waals surface area contributed by atoms with Gasteiger partial charge in [-0.25, -0.2) is 0 Å². The molecular formula is C38H76. The smallest absolute Gasteiger partial charge is 0.0300 e. The molecule has 0 N–H and O–H groups in total. The van der Waals surface area contributed by atoms with E-state index in [2.05, 4.69) is 118 Å². The van der Waals surface area contributed by atoms with Crippen molar-refractivity contribution in [1.29, 1.82) is 0 Å². The molecule has 0 spiro atoms. The lowest BCUT2D eigenvalue weighted by molar-refractivity contribution is -0.0649. The van der Waals surface area contributed by atoms with Crippen LogP contribution in [0.25, 0.3) is 0 Å². The third kappa shape index (κ3) is 8.28. The quantitative estimate of drug-likeness (QED) is 0.262. The van der Waals surface area contributed by atoms with Crippen molar-refractivity contribution in [2.75, 3.05) is 0 Å². The summed E-state index contributed by atoms with van der Waals surface area (Å²) >= 11 is 0. The molecule has 0 amide bonds. The first-order valence-electron chi connectivity index (χ1n) is 17.4. The molecule has 1 saturated carbocycles. The zero-order chi connectivity index (χ0) is 29.7. The monoisotopic (exact) mass is 533 g/mol.